The summed E-state index contributed by atoms with van der Waals surface area (Å²) < 4.78 is 0. The zero-order chi connectivity index (χ0) is 17.2. The molecule has 0 radical (unpaired) electrons. The van der Waals surface area contributed by atoms with Crippen LogP contribution < -0.4 is 4.90 Å². The highest BCUT2D eigenvalue weighted by Gasteiger charge is 2.21. The molecule has 25 heavy (non-hydrogen) atoms. The SMILES string of the molecule is OCCN1CCN(c2cccc3c2C=Nc2cc(Cl)ccc2S3)CC1. The van der Waals surface area contributed by atoms with E-state index in [1.165, 1.54) is 16.1 Å². The Morgan fingerprint density at radius 3 is 2.72 bits per heavy atom. The van der Waals surface area contributed by atoms with Crippen LogP contribution in [0.2, 0.25) is 5.02 Å². The molecule has 2 aliphatic rings. The molecule has 6 heteroatoms. The normalized spacial score (nSPS) is 17.1. The molecule has 1 saturated heterocycles. The van der Waals surface area contributed by atoms with E-state index in [0.29, 0.717) is 5.02 Å². The van der Waals surface area contributed by atoms with Crippen LogP contribution in [0, 0.1) is 0 Å². The number of benzene rings is 2. The molecule has 4 nitrogen and oxygen atoms in total. The number of halogens is 1. The molecule has 130 valence electrons. The topological polar surface area (TPSA) is 39.1 Å². The largest absolute Gasteiger partial charge is 0.395 e. The van der Waals surface area contributed by atoms with Gasteiger partial charge in [-0.05, 0) is 30.3 Å². The van der Waals surface area contributed by atoms with Crippen molar-refractivity contribution < 1.29 is 5.11 Å². The standard InChI is InChI=1S/C19H20ClN3OS/c20-14-4-5-19-16(12-14)21-13-15-17(2-1-3-18(15)25-19)23-8-6-22(7-9-23)10-11-24/h1-5,12-13,24H,6-11H2. The minimum atomic E-state index is 0.227. The van der Waals surface area contributed by atoms with E-state index in [1.54, 1.807) is 11.8 Å². The fourth-order valence-corrected chi connectivity index (χ4v) is 4.48. The van der Waals surface area contributed by atoms with Gasteiger partial charge in [0.15, 0.2) is 0 Å². The van der Waals surface area contributed by atoms with Crippen molar-refractivity contribution in [3.63, 3.8) is 0 Å². The molecule has 1 fully saturated rings. The molecule has 1 N–H and O–H groups in total. The van der Waals surface area contributed by atoms with Gasteiger partial charge in [0.1, 0.15) is 0 Å². The van der Waals surface area contributed by atoms with Crippen molar-refractivity contribution in [1.82, 2.24) is 4.90 Å². The van der Waals surface area contributed by atoms with Gasteiger partial charge in [-0.15, -0.1) is 0 Å². The van der Waals surface area contributed by atoms with Crippen molar-refractivity contribution in [3.8, 4) is 0 Å². The van der Waals surface area contributed by atoms with Crippen LogP contribution in [0.1, 0.15) is 5.56 Å². The van der Waals surface area contributed by atoms with Crippen LogP contribution in [0.25, 0.3) is 0 Å². The van der Waals surface area contributed by atoms with Gasteiger partial charge in [0.25, 0.3) is 0 Å². The van der Waals surface area contributed by atoms with E-state index in [2.05, 4.69) is 33.0 Å². The number of rotatable bonds is 3. The minimum Gasteiger partial charge on any atom is -0.395 e. The lowest BCUT2D eigenvalue weighted by molar-refractivity contribution is 0.189. The number of anilines is 1. The molecular formula is C19H20ClN3OS. The molecule has 4 rings (SSSR count). The maximum Gasteiger partial charge on any atom is 0.0784 e. The molecule has 0 aliphatic carbocycles. The second-order valence-electron chi connectivity index (χ2n) is 6.21. The molecule has 0 unspecified atom stereocenters. The molecular weight excluding hydrogens is 354 g/mol. The summed E-state index contributed by atoms with van der Waals surface area (Å²) in [5.74, 6) is 0. The predicted molar refractivity (Wildman–Crippen MR) is 105 cm³/mol. The lowest BCUT2D eigenvalue weighted by Gasteiger charge is -2.36. The Bertz CT molecular complexity index is 803. The Morgan fingerprint density at radius 1 is 1.08 bits per heavy atom. The molecule has 0 spiro atoms. The Balaban J connectivity index is 1.63. The Kier molecular flexibility index (Phi) is 4.99. The number of piperazine rings is 1. The number of aliphatic hydroxyl groups excluding tert-OH is 1. The highest BCUT2D eigenvalue weighted by Crippen LogP contribution is 2.42. The number of aliphatic hydroxyl groups is 1. The third kappa shape index (κ3) is 3.55. The van der Waals surface area contributed by atoms with Crippen LogP contribution >= 0.6 is 23.4 Å². The number of nitrogens with zero attached hydrogens (tertiary/aromatic N) is 3. The van der Waals surface area contributed by atoms with Crippen molar-refractivity contribution in [2.75, 3.05) is 44.2 Å². The van der Waals surface area contributed by atoms with Gasteiger partial charge in [-0.25, -0.2) is 0 Å². The molecule has 0 aromatic heterocycles. The number of hydrogen-bond acceptors (Lipinski definition) is 5. The third-order valence-corrected chi connectivity index (χ3v) is 6.02. The highest BCUT2D eigenvalue weighted by atomic mass is 35.5. The molecule has 0 amide bonds. The number of β-amino-alcohol motifs (C(OH)–C–C–N with tert-alkyl or cyclic N) is 1. The van der Waals surface area contributed by atoms with Crippen LogP contribution in [0.3, 0.4) is 0 Å². The monoisotopic (exact) mass is 373 g/mol. The van der Waals surface area contributed by atoms with Crippen LogP contribution in [0.4, 0.5) is 11.4 Å². The number of hydrogen-bond donors (Lipinski definition) is 1. The van der Waals surface area contributed by atoms with Gasteiger partial charge in [0.05, 0.1) is 12.3 Å². The van der Waals surface area contributed by atoms with Crippen molar-refractivity contribution in [3.05, 3.63) is 47.0 Å². The van der Waals surface area contributed by atoms with Gasteiger partial charge in [0, 0.05) is 65.0 Å². The smallest absolute Gasteiger partial charge is 0.0784 e. The lowest BCUT2D eigenvalue weighted by atomic mass is 10.1. The van der Waals surface area contributed by atoms with Gasteiger partial charge < -0.3 is 10.0 Å². The minimum absolute atomic E-state index is 0.227. The lowest BCUT2D eigenvalue weighted by Crippen LogP contribution is -2.47. The summed E-state index contributed by atoms with van der Waals surface area (Å²) in [7, 11) is 0. The van der Waals surface area contributed by atoms with Gasteiger partial charge in [-0.2, -0.15) is 0 Å². The molecule has 0 atom stereocenters. The van der Waals surface area contributed by atoms with E-state index < -0.39 is 0 Å². The summed E-state index contributed by atoms with van der Waals surface area (Å²) in [5, 5.41) is 9.82. The fraction of sp³-hybridized carbons (Fsp3) is 0.316. The summed E-state index contributed by atoms with van der Waals surface area (Å²) >= 11 is 7.86. The molecule has 2 aromatic carbocycles. The van der Waals surface area contributed by atoms with Gasteiger partial charge >= 0.3 is 0 Å². The highest BCUT2D eigenvalue weighted by molar-refractivity contribution is 7.99. The van der Waals surface area contributed by atoms with E-state index in [9.17, 15) is 0 Å². The Hall–Kier alpha value is -1.53. The summed E-state index contributed by atoms with van der Waals surface area (Å²) in [6, 6.07) is 12.3. The molecule has 0 bridgehead atoms. The summed E-state index contributed by atoms with van der Waals surface area (Å²) in [6.07, 6.45) is 1.97. The maximum atomic E-state index is 9.11. The first kappa shape index (κ1) is 16.9. The first-order valence-electron chi connectivity index (χ1n) is 8.47. The molecule has 2 heterocycles. The summed E-state index contributed by atoms with van der Waals surface area (Å²) in [6.45, 7) is 4.87. The van der Waals surface area contributed by atoms with E-state index in [-0.39, 0.29) is 6.61 Å². The van der Waals surface area contributed by atoms with E-state index in [0.717, 1.165) is 43.3 Å². The molecule has 2 aliphatic heterocycles. The van der Waals surface area contributed by atoms with Crippen LogP contribution in [0.15, 0.2) is 51.2 Å². The summed E-state index contributed by atoms with van der Waals surface area (Å²) in [5.41, 5.74) is 3.33. The number of aliphatic imine (C=N–C) groups is 1. The zero-order valence-corrected chi connectivity index (χ0v) is 15.4. The van der Waals surface area contributed by atoms with Crippen LogP contribution in [-0.2, 0) is 0 Å². The van der Waals surface area contributed by atoms with Gasteiger partial charge in [0.2, 0.25) is 0 Å². The van der Waals surface area contributed by atoms with E-state index in [4.69, 9.17) is 16.7 Å². The average Bonchev–Trinajstić information content (AvgIpc) is 2.81. The van der Waals surface area contributed by atoms with Crippen LogP contribution in [0.5, 0.6) is 0 Å². The van der Waals surface area contributed by atoms with Crippen LogP contribution in [-0.4, -0.2) is 55.6 Å². The van der Waals surface area contributed by atoms with E-state index in [1.807, 2.05) is 24.4 Å². The van der Waals surface area contributed by atoms with Gasteiger partial charge in [-0.1, -0.05) is 29.4 Å². The second kappa shape index (κ2) is 7.38. The van der Waals surface area contributed by atoms with Crippen molar-refractivity contribution in [2.45, 2.75) is 9.79 Å². The first-order valence-corrected chi connectivity index (χ1v) is 9.67. The molecule has 0 saturated carbocycles. The maximum absolute atomic E-state index is 9.11. The second-order valence-corrected chi connectivity index (χ2v) is 7.73. The average molecular weight is 374 g/mol. The van der Waals surface area contributed by atoms with Crippen molar-refractivity contribution >= 4 is 41.0 Å². The predicted octanol–water partition coefficient (Wildman–Crippen LogP) is 3.67. The first-order chi connectivity index (χ1) is 12.2. The Morgan fingerprint density at radius 2 is 1.92 bits per heavy atom. The van der Waals surface area contributed by atoms with E-state index >= 15 is 0 Å². The molecule has 2 aromatic rings. The third-order valence-electron chi connectivity index (χ3n) is 4.65. The zero-order valence-electron chi connectivity index (χ0n) is 13.9. The number of fused-ring (bicyclic) bond motifs is 2. The Labute approximate surface area is 157 Å². The fourth-order valence-electron chi connectivity index (χ4n) is 3.31. The summed E-state index contributed by atoms with van der Waals surface area (Å²) in [4.78, 5) is 11.8. The quantitative estimate of drug-likeness (QED) is 0.760. The van der Waals surface area contributed by atoms with Gasteiger partial charge in [-0.3, -0.25) is 9.89 Å². The van der Waals surface area contributed by atoms with Crippen molar-refractivity contribution in [1.29, 1.82) is 0 Å². The van der Waals surface area contributed by atoms with Crippen molar-refractivity contribution in [2.24, 2.45) is 4.99 Å².